The van der Waals surface area contributed by atoms with Crippen LogP contribution in [-0.4, -0.2) is 0 Å². The molecule has 0 aliphatic rings. The Balaban J connectivity index is 0. The van der Waals surface area contributed by atoms with Crippen molar-refractivity contribution < 1.29 is 80.3 Å². The van der Waals surface area contributed by atoms with Gasteiger partial charge in [-0.15, -0.1) is 0 Å². The Hall–Kier alpha value is 2.58. The molecule has 0 aromatic rings. The van der Waals surface area contributed by atoms with E-state index in [2.05, 4.69) is 0 Å². The van der Waals surface area contributed by atoms with Crippen molar-refractivity contribution in [1.82, 2.24) is 0 Å². The second-order valence-electron chi connectivity index (χ2n) is 0. The molecule has 0 rings (SSSR count). The third-order valence-electron chi connectivity index (χ3n) is 0. The Labute approximate surface area is 79.1 Å². The topological polar surface area (TPSA) is 0 Å². The molecular formula is FeMoPtW. The van der Waals surface area contributed by atoms with Crippen molar-refractivity contribution in [2.45, 2.75) is 0 Å². The van der Waals surface area contributed by atoms with Gasteiger partial charge in [0.2, 0.25) is 0 Å². The van der Waals surface area contributed by atoms with Crippen LogP contribution in [0.25, 0.3) is 0 Å². The van der Waals surface area contributed by atoms with Crippen LogP contribution >= 0.6 is 0 Å². The van der Waals surface area contributed by atoms with Gasteiger partial charge in [-0.1, -0.05) is 0 Å². The predicted octanol–water partition coefficient (Wildman–Crippen LogP) is -0.0100. The van der Waals surface area contributed by atoms with E-state index in [1.807, 2.05) is 0 Å². The van der Waals surface area contributed by atoms with E-state index >= 15 is 0 Å². The molecule has 0 fully saturated rings. The summed E-state index contributed by atoms with van der Waals surface area (Å²) in [5.41, 5.74) is 0. The summed E-state index contributed by atoms with van der Waals surface area (Å²) in [6.45, 7) is 0. The summed E-state index contributed by atoms with van der Waals surface area (Å²) in [7, 11) is 0. The molecule has 0 bridgehead atoms. The minimum atomic E-state index is 0. The zero-order chi connectivity index (χ0) is 0. The Morgan fingerprint density at radius 1 is 1.00 bits per heavy atom. The van der Waals surface area contributed by atoms with Gasteiger partial charge >= 0.3 is 0 Å². The number of hydrogen-bond donors (Lipinski definition) is 0. The van der Waals surface area contributed by atoms with Crippen LogP contribution in [0.5, 0.6) is 0 Å². The van der Waals surface area contributed by atoms with E-state index in [9.17, 15) is 0 Å². The molecular weight excluding hydrogens is 531 g/mol. The van der Waals surface area contributed by atoms with Gasteiger partial charge in [0, 0.05) is 80.3 Å². The molecule has 0 saturated carbocycles. The zero-order valence-electron chi connectivity index (χ0n) is 1.49. The van der Waals surface area contributed by atoms with Crippen LogP contribution in [0.1, 0.15) is 0 Å². The molecule has 4 heavy (non-hydrogen) atoms. The van der Waals surface area contributed by atoms with E-state index in [0.717, 1.165) is 0 Å². The molecule has 4 heteroatoms. The van der Waals surface area contributed by atoms with Gasteiger partial charge in [0.25, 0.3) is 0 Å². The summed E-state index contributed by atoms with van der Waals surface area (Å²) < 4.78 is 0. The quantitative estimate of drug-likeness (QED) is 0.387. The summed E-state index contributed by atoms with van der Waals surface area (Å²) >= 11 is 0. The van der Waals surface area contributed by atoms with Crippen LogP contribution in [0.15, 0.2) is 0 Å². The second-order valence-corrected chi connectivity index (χ2v) is 0. The fourth-order valence-electron chi connectivity index (χ4n) is 0. The van der Waals surface area contributed by atoms with Crippen molar-refractivity contribution in [3.8, 4) is 0 Å². The van der Waals surface area contributed by atoms with Gasteiger partial charge in [-0.05, 0) is 0 Å². The average molecular weight is 531 g/mol. The molecule has 0 amide bonds. The fraction of sp³-hybridized carbons (Fsp3) is 0. The van der Waals surface area contributed by atoms with Gasteiger partial charge in [-0.25, -0.2) is 0 Å². The monoisotopic (exact) mass is 533 g/mol. The minimum absolute atomic E-state index is 0. The molecule has 0 spiro atoms. The first-order valence-electron chi connectivity index (χ1n) is 0. The zero-order valence-corrected chi connectivity index (χ0v) is 9.80. The van der Waals surface area contributed by atoms with Gasteiger partial charge in [-0.3, -0.25) is 0 Å². The maximum Gasteiger partial charge on any atom is 0 e. The van der Waals surface area contributed by atoms with Crippen LogP contribution in [0, 0.1) is 0 Å². The summed E-state index contributed by atoms with van der Waals surface area (Å²) in [6.07, 6.45) is 0. The molecule has 0 saturated heterocycles. The normalized spacial score (nSPS) is 0. The molecule has 0 unspecified atom stereocenters. The van der Waals surface area contributed by atoms with Crippen LogP contribution in [0.2, 0.25) is 0 Å². The second kappa shape index (κ2) is 17.6. The first kappa shape index (κ1) is 30.7. The summed E-state index contributed by atoms with van der Waals surface area (Å²) in [6, 6.07) is 0. The average Bonchev–Trinajstić information content (AvgIpc) is 0. The minimum Gasteiger partial charge on any atom is 0 e. The van der Waals surface area contributed by atoms with Crippen molar-refractivity contribution in [3.63, 3.8) is 0 Å². The van der Waals surface area contributed by atoms with Gasteiger partial charge in [0.15, 0.2) is 0 Å². The molecule has 0 aliphatic heterocycles. The van der Waals surface area contributed by atoms with E-state index in [0.29, 0.717) is 0 Å². The maximum absolute atomic E-state index is 0. The van der Waals surface area contributed by atoms with Crippen molar-refractivity contribution >= 4 is 0 Å². The Morgan fingerprint density at radius 3 is 1.00 bits per heavy atom. The van der Waals surface area contributed by atoms with Crippen molar-refractivity contribution in [1.29, 1.82) is 0 Å². The third-order valence-corrected chi connectivity index (χ3v) is 0. The van der Waals surface area contributed by atoms with E-state index in [4.69, 9.17) is 0 Å². The summed E-state index contributed by atoms with van der Waals surface area (Å²) in [4.78, 5) is 0. The van der Waals surface area contributed by atoms with Gasteiger partial charge in [0.05, 0.1) is 0 Å². The van der Waals surface area contributed by atoms with E-state index in [-0.39, 0.29) is 80.3 Å². The molecule has 0 N–H and O–H groups in total. The molecule has 0 atom stereocenters. The van der Waals surface area contributed by atoms with Crippen LogP contribution in [-0.2, 0) is 80.3 Å². The summed E-state index contributed by atoms with van der Waals surface area (Å²) in [5.74, 6) is 0. The van der Waals surface area contributed by atoms with Gasteiger partial charge in [-0.2, -0.15) is 0 Å². The Bertz CT molecular complexity index is 8.00. The first-order valence-corrected chi connectivity index (χ1v) is 0. The van der Waals surface area contributed by atoms with Crippen LogP contribution in [0.3, 0.4) is 0 Å². The standard InChI is InChI=1S/Fe.Mo.Pt.W. The molecule has 0 aliphatic carbocycles. The predicted molar refractivity (Wildman–Crippen MR) is 0 cm³/mol. The number of rotatable bonds is 0. The van der Waals surface area contributed by atoms with Crippen molar-refractivity contribution in [2.75, 3.05) is 0 Å². The molecule has 0 nitrogen and oxygen atoms in total. The SMILES string of the molecule is [Fe].[Mo].[Pt].[W]. The van der Waals surface area contributed by atoms with Gasteiger partial charge < -0.3 is 0 Å². The Morgan fingerprint density at radius 2 is 1.00 bits per heavy atom. The first-order chi connectivity index (χ1) is 0. The Kier molecular flexibility index (Phi) is 135. The van der Waals surface area contributed by atoms with E-state index in [1.54, 1.807) is 0 Å². The maximum atomic E-state index is 0. The molecule has 0 radical (unpaired) electrons. The third kappa shape index (κ3) is 8.82. The van der Waals surface area contributed by atoms with Crippen molar-refractivity contribution in [2.24, 2.45) is 0 Å². The molecule has 0 aromatic heterocycles. The van der Waals surface area contributed by atoms with Crippen LogP contribution < -0.4 is 0 Å². The van der Waals surface area contributed by atoms with Crippen molar-refractivity contribution in [3.05, 3.63) is 0 Å². The van der Waals surface area contributed by atoms with Gasteiger partial charge in [0.1, 0.15) is 0 Å². The largest absolute Gasteiger partial charge is 0 e. The van der Waals surface area contributed by atoms with E-state index < -0.39 is 0 Å². The smallest absolute Gasteiger partial charge is 0 e. The fourth-order valence-corrected chi connectivity index (χ4v) is 0. The number of hydrogen-bond acceptors (Lipinski definition) is 0. The van der Waals surface area contributed by atoms with Crippen LogP contribution in [0.4, 0.5) is 0 Å². The molecule has 0 aromatic carbocycles. The molecule has 0 heterocycles. The van der Waals surface area contributed by atoms with E-state index in [1.165, 1.54) is 0 Å². The summed E-state index contributed by atoms with van der Waals surface area (Å²) in [5, 5.41) is 0. The molecule has 30 valence electrons.